The van der Waals surface area contributed by atoms with Gasteiger partial charge in [0.1, 0.15) is 5.75 Å². The van der Waals surface area contributed by atoms with E-state index in [0.29, 0.717) is 26.4 Å². The van der Waals surface area contributed by atoms with E-state index in [9.17, 15) is 5.11 Å². The molecule has 2 heterocycles. The van der Waals surface area contributed by atoms with Gasteiger partial charge >= 0.3 is 0 Å². The Kier molecular flexibility index (Phi) is 6.27. The van der Waals surface area contributed by atoms with Crippen molar-refractivity contribution in [3.8, 4) is 5.75 Å². The van der Waals surface area contributed by atoms with Crippen LogP contribution in [0.1, 0.15) is 36.3 Å². The van der Waals surface area contributed by atoms with Crippen LogP contribution in [-0.4, -0.2) is 44.1 Å². The van der Waals surface area contributed by atoms with Crippen molar-refractivity contribution in [2.24, 2.45) is 0 Å². The normalized spacial score (nSPS) is 24.2. The molecule has 0 aliphatic carbocycles. The van der Waals surface area contributed by atoms with E-state index in [1.165, 1.54) is 5.56 Å². The molecule has 2 aliphatic heterocycles. The first kappa shape index (κ1) is 19.4. The van der Waals surface area contributed by atoms with Crippen molar-refractivity contribution < 1.29 is 19.3 Å². The summed E-state index contributed by atoms with van der Waals surface area (Å²) in [5.41, 5.74) is 2.24. The van der Waals surface area contributed by atoms with E-state index >= 15 is 0 Å². The molecular formula is C23H29NO4. The lowest BCUT2D eigenvalue weighted by atomic mass is 9.88. The largest absolute Gasteiger partial charge is 0.494 e. The summed E-state index contributed by atoms with van der Waals surface area (Å²) < 4.78 is 17.9. The molecule has 2 unspecified atom stereocenters. The number of rotatable bonds is 7. The van der Waals surface area contributed by atoms with Crippen LogP contribution in [0.3, 0.4) is 0 Å². The molecule has 0 bridgehead atoms. The molecule has 0 saturated carbocycles. The summed E-state index contributed by atoms with van der Waals surface area (Å²) in [4.78, 5) is 0. The predicted molar refractivity (Wildman–Crippen MR) is 107 cm³/mol. The Morgan fingerprint density at radius 2 is 1.79 bits per heavy atom. The Bertz CT molecular complexity index is 728. The number of hydrogen-bond acceptors (Lipinski definition) is 5. The lowest BCUT2D eigenvalue weighted by molar-refractivity contribution is -0.172. The van der Waals surface area contributed by atoms with E-state index in [-0.39, 0.29) is 12.0 Å². The van der Waals surface area contributed by atoms with Gasteiger partial charge in [-0.3, -0.25) is 0 Å². The molecule has 2 saturated heterocycles. The molecule has 2 atom stereocenters. The van der Waals surface area contributed by atoms with Crippen molar-refractivity contribution >= 4 is 0 Å². The van der Waals surface area contributed by atoms with Gasteiger partial charge in [0.15, 0.2) is 5.79 Å². The van der Waals surface area contributed by atoms with E-state index in [1.807, 2.05) is 30.3 Å². The van der Waals surface area contributed by atoms with Gasteiger partial charge in [-0.1, -0.05) is 42.5 Å². The van der Waals surface area contributed by atoms with Crippen LogP contribution in [0.15, 0.2) is 54.6 Å². The first-order valence-electron chi connectivity index (χ1n) is 10.2. The number of β-amino-alcohol motifs (C(OH)–C–C–N with tert-alkyl or cyclic N) is 1. The minimum absolute atomic E-state index is 0.206. The zero-order chi connectivity index (χ0) is 19.2. The van der Waals surface area contributed by atoms with Gasteiger partial charge in [-0.2, -0.15) is 0 Å². The molecule has 2 N–H and O–H groups in total. The Labute approximate surface area is 166 Å². The van der Waals surface area contributed by atoms with Crippen molar-refractivity contribution in [2.45, 2.75) is 37.1 Å². The third kappa shape index (κ3) is 4.39. The lowest BCUT2D eigenvalue weighted by Gasteiger charge is -2.29. The van der Waals surface area contributed by atoms with Gasteiger partial charge in [0.2, 0.25) is 0 Å². The SMILES string of the molecule is OC1CNCCC1c1ccc(OCCCC2(c3ccccc3)OCCO2)cc1. The van der Waals surface area contributed by atoms with Crippen molar-refractivity contribution in [1.29, 1.82) is 0 Å². The summed E-state index contributed by atoms with van der Waals surface area (Å²) >= 11 is 0. The molecule has 150 valence electrons. The molecule has 0 amide bonds. The van der Waals surface area contributed by atoms with E-state index in [4.69, 9.17) is 14.2 Å². The number of piperidine rings is 1. The molecule has 28 heavy (non-hydrogen) atoms. The van der Waals surface area contributed by atoms with Gasteiger partial charge in [-0.25, -0.2) is 0 Å². The fraction of sp³-hybridized carbons (Fsp3) is 0.478. The molecule has 0 aromatic heterocycles. The second-order valence-electron chi connectivity index (χ2n) is 7.50. The first-order chi connectivity index (χ1) is 13.8. The summed E-state index contributed by atoms with van der Waals surface area (Å²) in [5, 5.41) is 13.4. The monoisotopic (exact) mass is 383 g/mol. The smallest absolute Gasteiger partial charge is 0.195 e. The second kappa shape index (κ2) is 9.05. The molecule has 5 nitrogen and oxygen atoms in total. The summed E-state index contributed by atoms with van der Waals surface area (Å²) in [6.45, 7) is 3.47. The molecule has 2 aliphatic rings. The van der Waals surface area contributed by atoms with Gasteiger partial charge in [0.25, 0.3) is 0 Å². The minimum atomic E-state index is -0.639. The Morgan fingerprint density at radius 1 is 1.04 bits per heavy atom. The predicted octanol–water partition coefficient (Wildman–Crippen LogP) is 3.18. The maximum atomic E-state index is 10.2. The summed E-state index contributed by atoms with van der Waals surface area (Å²) in [6, 6.07) is 18.3. The zero-order valence-electron chi connectivity index (χ0n) is 16.2. The van der Waals surface area contributed by atoms with Gasteiger partial charge in [0.05, 0.1) is 25.9 Å². The topological polar surface area (TPSA) is 60.0 Å². The summed E-state index contributed by atoms with van der Waals surface area (Å²) in [5.74, 6) is 0.423. The number of benzene rings is 2. The summed E-state index contributed by atoms with van der Waals surface area (Å²) in [6.07, 6.45) is 2.24. The van der Waals surface area contributed by atoms with Gasteiger partial charge < -0.3 is 24.6 Å². The molecular weight excluding hydrogens is 354 g/mol. The Hall–Kier alpha value is -1.92. The number of hydrogen-bond donors (Lipinski definition) is 2. The molecule has 2 aromatic carbocycles. The fourth-order valence-corrected chi connectivity index (χ4v) is 4.14. The lowest BCUT2D eigenvalue weighted by Crippen LogP contribution is -2.39. The maximum Gasteiger partial charge on any atom is 0.195 e. The average Bonchev–Trinajstić information content (AvgIpc) is 3.23. The Morgan fingerprint density at radius 3 is 2.50 bits per heavy atom. The molecule has 2 aromatic rings. The average molecular weight is 383 g/mol. The zero-order valence-corrected chi connectivity index (χ0v) is 16.2. The molecule has 4 rings (SSSR count). The fourth-order valence-electron chi connectivity index (χ4n) is 4.14. The van der Waals surface area contributed by atoms with E-state index < -0.39 is 5.79 Å². The quantitative estimate of drug-likeness (QED) is 0.719. The van der Waals surface area contributed by atoms with Crippen LogP contribution in [0.2, 0.25) is 0 Å². The number of nitrogens with one attached hydrogen (secondary N) is 1. The number of aliphatic hydroxyl groups is 1. The second-order valence-corrected chi connectivity index (χ2v) is 7.50. The van der Waals surface area contributed by atoms with Crippen LogP contribution >= 0.6 is 0 Å². The van der Waals surface area contributed by atoms with Crippen LogP contribution < -0.4 is 10.1 Å². The molecule has 0 spiro atoms. The third-order valence-corrected chi connectivity index (χ3v) is 5.64. The van der Waals surface area contributed by atoms with E-state index in [1.54, 1.807) is 0 Å². The Balaban J connectivity index is 1.29. The third-order valence-electron chi connectivity index (χ3n) is 5.64. The highest BCUT2D eigenvalue weighted by atomic mass is 16.7. The standard InChI is InChI=1S/C23H29NO4/c25-22-17-24-13-11-21(22)18-7-9-20(10-8-18)26-14-4-12-23(27-15-16-28-23)19-5-2-1-3-6-19/h1-3,5-10,21-22,24-25H,4,11-17H2. The first-order valence-corrected chi connectivity index (χ1v) is 10.2. The van der Waals surface area contributed by atoms with Gasteiger partial charge in [-0.05, 0) is 37.1 Å². The summed E-state index contributed by atoms with van der Waals surface area (Å²) in [7, 11) is 0. The van der Waals surface area contributed by atoms with Crippen LogP contribution in [0.5, 0.6) is 5.75 Å². The maximum absolute atomic E-state index is 10.2. The van der Waals surface area contributed by atoms with Crippen LogP contribution in [0, 0.1) is 0 Å². The number of aliphatic hydroxyl groups excluding tert-OH is 1. The van der Waals surface area contributed by atoms with Crippen LogP contribution in [-0.2, 0) is 15.3 Å². The number of ether oxygens (including phenoxy) is 3. The van der Waals surface area contributed by atoms with Crippen LogP contribution in [0.4, 0.5) is 0 Å². The van der Waals surface area contributed by atoms with Crippen molar-refractivity contribution in [3.63, 3.8) is 0 Å². The molecule has 2 fully saturated rings. The van der Waals surface area contributed by atoms with Gasteiger partial charge in [0, 0.05) is 24.4 Å². The minimum Gasteiger partial charge on any atom is -0.494 e. The van der Waals surface area contributed by atoms with Gasteiger partial charge in [-0.15, -0.1) is 0 Å². The van der Waals surface area contributed by atoms with Crippen molar-refractivity contribution in [2.75, 3.05) is 32.9 Å². The highest BCUT2D eigenvalue weighted by Gasteiger charge is 2.37. The van der Waals surface area contributed by atoms with Crippen molar-refractivity contribution in [3.05, 3.63) is 65.7 Å². The van der Waals surface area contributed by atoms with Crippen LogP contribution in [0.25, 0.3) is 0 Å². The molecule has 0 radical (unpaired) electrons. The van der Waals surface area contributed by atoms with E-state index in [2.05, 4.69) is 29.6 Å². The molecule has 5 heteroatoms. The highest BCUT2D eigenvalue weighted by Crippen LogP contribution is 2.36. The van der Waals surface area contributed by atoms with Crippen molar-refractivity contribution in [1.82, 2.24) is 5.32 Å². The van der Waals surface area contributed by atoms with E-state index in [0.717, 1.165) is 37.1 Å². The highest BCUT2D eigenvalue weighted by molar-refractivity contribution is 5.30.